The molecule has 3 heteroatoms. The van der Waals surface area contributed by atoms with Gasteiger partial charge in [-0.05, 0) is 50.1 Å². The topological polar surface area (TPSA) is 52.3 Å². The monoisotopic (exact) mass is 245 g/mol. The highest BCUT2D eigenvalue weighted by molar-refractivity contribution is 5.95. The van der Waals surface area contributed by atoms with E-state index in [1.165, 1.54) is 0 Å². The molecule has 1 rings (SSSR count). The van der Waals surface area contributed by atoms with E-state index >= 15 is 0 Å². The standard InChI is InChI=1S/C15H19NO2/c1-4-6-13(5-2)18-14-8-7-12(15(16)17)9-11(3)10-14/h4-11H,1-3H3,(H2,16,17)/b6-4-,13-5+. The average molecular weight is 245 g/mol. The molecule has 3 nitrogen and oxygen atoms in total. The molecule has 1 unspecified atom stereocenters. The zero-order chi connectivity index (χ0) is 13.5. The number of rotatable bonds is 4. The lowest BCUT2D eigenvalue weighted by Crippen LogP contribution is -2.12. The van der Waals surface area contributed by atoms with Crippen molar-refractivity contribution < 1.29 is 9.53 Å². The summed E-state index contributed by atoms with van der Waals surface area (Å²) in [7, 11) is 0. The van der Waals surface area contributed by atoms with Gasteiger partial charge in [-0.25, -0.2) is 0 Å². The van der Waals surface area contributed by atoms with Gasteiger partial charge in [0.15, 0.2) is 0 Å². The molecule has 0 fully saturated rings. The van der Waals surface area contributed by atoms with Crippen LogP contribution in [0.25, 0.3) is 0 Å². The van der Waals surface area contributed by atoms with Crippen LogP contribution in [0.3, 0.4) is 0 Å². The molecular formula is C15H19NO2. The van der Waals surface area contributed by atoms with Crippen molar-refractivity contribution in [3.63, 3.8) is 0 Å². The van der Waals surface area contributed by atoms with E-state index in [2.05, 4.69) is 0 Å². The number of allylic oxidation sites excluding steroid dienone is 6. The van der Waals surface area contributed by atoms with Gasteiger partial charge in [0.25, 0.3) is 0 Å². The van der Waals surface area contributed by atoms with Crippen LogP contribution in [0.1, 0.15) is 20.8 Å². The van der Waals surface area contributed by atoms with Gasteiger partial charge in [0.2, 0.25) is 5.91 Å². The molecule has 0 aromatic rings. The summed E-state index contributed by atoms with van der Waals surface area (Å²) in [5.74, 6) is 1.15. The van der Waals surface area contributed by atoms with Crippen molar-refractivity contribution in [3.8, 4) is 0 Å². The van der Waals surface area contributed by atoms with E-state index in [-0.39, 0.29) is 5.92 Å². The third-order valence-corrected chi connectivity index (χ3v) is 2.43. The third kappa shape index (κ3) is 4.09. The molecule has 0 bridgehead atoms. The Morgan fingerprint density at radius 1 is 1.33 bits per heavy atom. The minimum atomic E-state index is -0.424. The van der Waals surface area contributed by atoms with Gasteiger partial charge in [0.05, 0.1) is 0 Å². The van der Waals surface area contributed by atoms with Crippen molar-refractivity contribution in [2.75, 3.05) is 0 Å². The highest BCUT2D eigenvalue weighted by Crippen LogP contribution is 2.18. The summed E-state index contributed by atoms with van der Waals surface area (Å²) in [6, 6.07) is 0. The number of carbonyl (C=O) groups is 1. The lowest BCUT2D eigenvalue weighted by Gasteiger charge is -2.07. The van der Waals surface area contributed by atoms with Crippen molar-refractivity contribution in [1.82, 2.24) is 0 Å². The van der Waals surface area contributed by atoms with Gasteiger partial charge < -0.3 is 10.5 Å². The highest BCUT2D eigenvalue weighted by Gasteiger charge is 2.09. The van der Waals surface area contributed by atoms with Crippen molar-refractivity contribution in [2.24, 2.45) is 11.7 Å². The summed E-state index contributed by atoms with van der Waals surface area (Å²) in [5.41, 5.74) is 5.78. The van der Waals surface area contributed by atoms with Gasteiger partial charge >= 0.3 is 0 Å². The van der Waals surface area contributed by atoms with E-state index in [0.717, 1.165) is 5.76 Å². The molecule has 0 aromatic heterocycles. The van der Waals surface area contributed by atoms with Crippen LogP contribution >= 0.6 is 0 Å². The number of ether oxygens (including phenoxy) is 1. The Hall–Kier alpha value is -2.03. The summed E-state index contributed by atoms with van der Waals surface area (Å²) >= 11 is 0. The van der Waals surface area contributed by atoms with Crippen molar-refractivity contribution in [3.05, 3.63) is 59.6 Å². The lowest BCUT2D eigenvalue weighted by molar-refractivity contribution is -0.114. The van der Waals surface area contributed by atoms with Gasteiger partial charge in [-0.2, -0.15) is 0 Å². The van der Waals surface area contributed by atoms with Crippen molar-refractivity contribution in [1.29, 1.82) is 0 Å². The number of hydrogen-bond donors (Lipinski definition) is 1. The van der Waals surface area contributed by atoms with Crippen LogP contribution in [-0.4, -0.2) is 5.91 Å². The number of amides is 1. The van der Waals surface area contributed by atoms with Crippen molar-refractivity contribution in [2.45, 2.75) is 20.8 Å². The maximum Gasteiger partial charge on any atom is 0.248 e. The molecule has 1 aliphatic carbocycles. The molecule has 0 aliphatic heterocycles. The summed E-state index contributed by atoms with van der Waals surface area (Å²) in [6.07, 6.45) is 12.9. The lowest BCUT2D eigenvalue weighted by atomic mass is 10.1. The van der Waals surface area contributed by atoms with Gasteiger partial charge in [-0.15, -0.1) is 0 Å². The predicted molar refractivity (Wildman–Crippen MR) is 73.3 cm³/mol. The van der Waals surface area contributed by atoms with Gasteiger partial charge in [0, 0.05) is 5.57 Å². The summed E-state index contributed by atoms with van der Waals surface area (Å²) in [4.78, 5) is 11.2. The van der Waals surface area contributed by atoms with Crippen LogP contribution in [0.15, 0.2) is 59.6 Å². The molecule has 1 atom stereocenters. The van der Waals surface area contributed by atoms with Crippen molar-refractivity contribution >= 4 is 5.91 Å². The van der Waals surface area contributed by atoms with Crippen LogP contribution in [0.2, 0.25) is 0 Å². The Morgan fingerprint density at radius 2 is 2.06 bits per heavy atom. The Labute approximate surface area is 108 Å². The largest absolute Gasteiger partial charge is 0.458 e. The molecule has 0 aromatic carbocycles. The first-order chi connectivity index (χ1) is 8.56. The first kappa shape index (κ1) is 14.0. The molecule has 0 radical (unpaired) electrons. The fourth-order valence-corrected chi connectivity index (χ4v) is 1.60. The molecule has 0 heterocycles. The zero-order valence-electron chi connectivity index (χ0n) is 11.0. The van der Waals surface area contributed by atoms with E-state index in [9.17, 15) is 4.79 Å². The zero-order valence-corrected chi connectivity index (χ0v) is 11.0. The highest BCUT2D eigenvalue weighted by atomic mass is 16.5. The minimum absolute atomic E-state index is 0.0983. The minimum Gasteiger partial charge on any atom is -0.458 e. The van der Waals surface area contributed by atoms with Crippen LogP contribution in [0, 0.1) is 5.92 Å². The number of carbonyl (C=O) groups excluding carboxylic acids is 1. The first-order valence-electron chi connectivity index (χ1n) is 5.95. The molecule has 2 N–H and O–H groups in total. The Balaban J connectivity index is 2.88. The SMILES string of the molecule is C/C=C\C(=C/C)OC1=CC(C)C=C(C(N)=O)C=C1. The molecule has 0 saturated heterocycles. The number of nitrogens with two attached hydrogens (primary N) is 1. The second-order valence-electron chi connectivity index (χ2n) is 4.04. The number of hydrogen-bond acceptors (Lipinski definition) is 2. The van der Waals surface area contributed by atoms with Crippen LogP contribution < -0.4 is 5.73 Å². The quantitative estimate of drug-likeness (QED) is 0.611. The predicted octanol–water partition coefficient (Wildman–Crippen LogP) is 2.98. The van der Waals surface area contributed by atoms with E-state index in [4.69, 9.17) is 10.5 Å². The van der Waals surface area contributed by atoms with Crippen LogP contribution in [0.5, 0.6) is 0 Å². The third-order valence-electron chi connectivity index (χ3n) is 2.43. The summed E-state index contributed by atoms with van der Waals surface area (Å²) in [5, 5.41) is 0. The Kier molecular flexibility index (Phi) is 5.18. The average Bonchev–Trinajstić information content (AvgIpc) is 2.50. The maximum absolute atomic E-state index is 11.2. The molecule has 18 heavy (non-hydrogen) atoms. The second-order valence-corrected chi connectivity index (χ2v) is 4.04. The van der Waals surface area contributed by atoms with E-state index in [1.54, 1.807) is 12.2 Å². The van der Waals surface area contributed by atoms with Crippen LogP contribution in [0.4, 0.5) is 0 Å². The Morgan fingerprint density at radius 3 is 2.61 bits per heavy atom. The van der Waals surface area contributed by atoms with Gasteiger partial charge in [-0.3, -0.25) is 4.79 Å². The molecule has 96 valence electrons. The molecular weight excluding hydrogens is 226 g/mol. The first-order valence-corrected chi connectivity index (χ1v) is 5.95. The van der Waals surface area contributed by atoms with E-state index in [1.807, 2.05) is 51.2 Å². The number of primary amides is 1. The normalized spacial score (nSPS) is 20.4. The summed E-state index contributed by atoms with van der Waals surface area (Å²) in [6.45, 7) is 5.82. The molecule has 1 aliphatic rings. The molecule has 0 saturated carbocycles. The summed E-state index contributed by atoms with van der Waals surface area (Å²) < 4.78 is 5.72. The molecule has 1 amide bonds. The Bertz CT molecular complexity index is 465. The van der Waals surface area contributed by atoms with Gasteiger partial charge in [0.1, 0.15) is 11.5 Å². The van der Waals surface area contributed by atoms with Crippen LogP contribution in [-0.2, 0) is 9.53 Å². The fraction of sp³-hybridized carbons (Fsp3) is 0.267. The molecule has 0 spiro atoms. The van der Waals surface area contributed by atoms with E-state index < -0.39 is 5.91 Å². The fourth-order valence-electron chi connectivity index (χ4n) is 1.60. The van der Waals surface area contributed by atoms with Gasteiger partial charge in [-0.1, -0.05) is 19.1 Å². The van der Waals surface area contributed by atoms with E-state index in [0.29, 0.717) is 11.3 Å². The smallest absolute Gasteiger partial charge is 0.248 e. The maximum atomic E-state index is 11.2. The second kappa shape index (κ2) is 6.64.